The van der Waals surface area contributed by atoms with Crippen LogP contribution in [-0.2, 0) is 9.59 Å². The first kappa shape index (κ1) is 45.0. The van der Waals surface area contributed by atoms with Crippen molar-refractivity contribution in [1.29, 1.82) is 0 Å². The molecule has 3 N–H and O–H groups in total. The first-order valence-electron chi connectivity index (χ1n) is 22.3. The first-order chi connectivity index (χ1) is 26.5. The van der Waals surface area contributed by atoms with Crippen molar-refractivity contribution in [3.05, 3.63) is 72.9 Å². The summed E-state index contributed by atoms with van der Waals surface area (Å²) in [4.78, 5) is 27.2. The lowest BCUT2D eigenvalue weighted by Crippen LogP contribution is -2.58. The maximum absolute atomic E-state index is 12.9. The molecule has 55 heavy (non-hydrogen) atoms. The third-order valence-electron chi connectivity index (χ3n) is 14.6. The summed E-state index contributed by atoms with van der Waals surface area (Å²) >= 11 is 0. The molecule has 0 bridgehead atoms. The van der Waals surface area contributed by atoms with E-state index >= 15 is 0 Å². The molecule has 308 valence electrons. The summed E-state index contributed by atoms with van der Waals surface area (Å²) in [6.45, 7) is 10.5. The van der Waals surface area contributed by atoms with E-state index in [0.29, 0.717) is 61.4 Å². The SMILES string of the molecule is CCC=CCC=CCC=CCC=CCC=CCC=CCCC(=O)N(C)CCNC(=O)CCC(C)C1CCC2C3C(O)CC4CC(O)CCC4(C)C3CCC12C. The monoisotopic (exact) mass is 759 g/mol. The van der Waals surface area contributed by atoms with Gasteiger partial charge in [0.05, 0.1) is 12.2 Å². The topological polar surface area (TPSA) is 89.9 Å². The van der Waals surface area contributed by atoms with Crippen LogP contribution in [0.25, 0.3) is 0 Å². The smallest absolute Gasteiger partial charge is 0.222 e. The zero-order valence-electron chi connectivity index (χ0n) is 35.3. The van der Waals surface area contributed by atoms with Crippen molar-refractivity contribution in [3.63, 3.8) is 0 Å². The average molecular weight is 759 g/mol. The van der Waals surface area contributed by atoms with Gasteiger partial charge in [-0.3, -0.25) is 9.59 Å². The van der Waals surface area contributed by atoms with E-state index in [1.807, 2.05) is 7.05 Å². The van der Waals surface area contributed by atoms with Crippen LogP contribution in [0.3, 0.4) is 0 Å². The van der Waals surface area contributed by atoms with Crippen LogP contribution in [0.4, 0.5) is 0 Å². The number of carbonyl (C=O) groups excluding carboxylic acids is 2. The van der Waals surface area contributed by atoms with Gasteiger partial charge in [0, 0.05) is 33.0 Å². The van der Waals surface area contributed by atoms with Crippen LogP contribution >= 0.6 is 0 Å². The minimum Gasteiger partial charge on any atom is -0.393 e. The van der Waals surface area contributed by atoms with E-state index < -0.39 is 0 Å². The predicted molar refractivity (Wildman–Crippen MR) is 229 cm³/mol. The summed E-state index contributed by atoms with van der Waals surface area (Å²) in [6, 6.07) is 0. The molecule has 4 rings (SSSR count). The molecule has 4 aliphatic rings. The Kier molecular flexibility index (Phi) is 18.7. The summed E-state index contributed by atoms with van der Waals surface area (Å²) < 4.78 is 0. The first-order valence-corrected chi connectivity index (χ1v) is 22.3. The number of aliphatic hydroxyl groups excluding tert-OH is 2. The van der Waals surface area contributed by atoms with Crippen LogP contribution in [0, 0.1) is 46.3 Å². The Morgan fingerprint density at radius 1 is 0.745 bits per heavy atom. The zero-order valence-corrected chi connectivity index (χ0v) is 35.3. The van der Waals surface area contributed by atoms with Crippen molar-refractivity contribution in [2.45, 2.75) is 155 Å². The van der Waals surface area contributed by atoms with Gasteiger partial charge in [-0.05, 0) is 149 Å². The van der Waals surface area contributed by atoms with Crippen LogP contribution in [0.2, 0.25) is 0 Å². The molecule has 0 aliphatic heterocycles. The number of amides is 2. The van der Waals surface area contributed by atoms with Gasteiger partial charge in [-0.25, -0.2) is 0 Å². The molecule has 0 aromatic heterocycles. The fourth-order valence-electron chi connectivity index (χ4n) is 11.3. The molecule has 2 amide bonds. The highest BCUT2D eigenvalue weighted by molar-refractivity contribution is 5.77. The van der Waals surface area contributed by atoms with Gasteiger partial charge in [-0.1, -0.05) is 101 Å². The van der Waals surface area contributed by atoms with Crippen molar-refractivity contribution in [3.8, 4) is 0 Å². The third kappa shape index (κ3) is 12.9. The van der Waals surface area contributed by atoms with Gasteiger partial charge in [-0.2, -0.15) is 0 Å². The zero-order chi connectivity index (χ0) is 39.7. The molecule has 4 saturated carbocycles. The third-order valence-corrected chi connectivity index (χ3v) is 14.6. The number of nitrogens with zero attached hydrogens (tertiary/aromatic N) is 1. The Morgan fingerprint density at radius 2 is 1.31 bits per heavy atom. The van der Waals surface area contributed by atoms with E-state index in [9.17, 15) is 19.8 Å². The number of aliphatic hydroxyl groups is 2. The molecule has 4 fully saturated rings. The molecular formula is C49H78N2O4. The Hall–Kier alpha value is -2.70. The minimum atomic E-state index is -0.250. The molecular weight excluding hydrogens is 681 g/mol. The van der Waals surface area contributed by atoms with Crippen molar-refractivity contribution in [1.82, 2.24) is 10.2 Å². The van der Waals surface area contributed by atoms with Gasteiger partial charge in [0.15, 0.2) is 0 Å². The molecule has 0 radical (unpaired) electrons. The molecule has 4 aliphatic carbocycles. The van der Waals surface area contributed by atoms with Crippen LogP contribution < -0.4 is 5.32 Å². The number of rotatable bonds is 21. The Bertz CT molecular complexity index is 1360. The van der Waals surface area contributed by atoms with E-state index in [4.69, 9.17) is 0 Å². The number of carbonyl (C=O) groups is 2. The fraction of sp³-hybridized carbons (Fsp3) is 0.714. The lowest BCUT2D eigenvalue weighted by molar-refractivity contribution is -0.174. The van der Waals surface area contributed by atoms with Crippen molar-refractivity contribution < 1.29 is 19.8 Å². The van der Waals surface area contributed by atoms with E-state index in [1.54, 1.807) is 4.90 Å². The molecule has 0 saturated heterocycles. The van der Waals surface area contributed by atoms with Crippen molar-refractivity contribution in [2.24, 2.45) is 46.3 Å². The number of hydrogen-bond donors (Lipinski definition) is 3. The van der Waals surface area contributed by atoms with Crippen LogP contribution in [0.15, 0.2) is 72.9 Å². The number of hydrogen-bond acceptors (Lipinski definition) is 4. The highest BCUT2D eigenvalue weighted by Crippen LogP contribution is 2.68. The number of fused-ring (bicyclic) bond motifs is 5. The maximum atomic E-state index is 12.9. The quantitative estimate of drug-likeness (QED) is 0.102. The predicted octanol–water partition coefficient (Wildman–Crippen LogP) is 10.4. The fourth-order valence-corrected chi connectivity index (χ4v) is 11.3. The molecule has 6 nitrogen and oxygen atoms in total. The normalized spacial score (nSPS) is 32.9. The average Bonchev–Trinajstić information content (AvgIpc) is 3.52. The van der Waals surface area contributed by atoms with Crippen LogP contribution in [0.5, 0.6) is 0 Å². The summed E-state index contributed by atoms with van der Waals surface area (Å²) in [5.41, 5.74) is 0.475. The summed E-state index contributed by atoms with van der Waals surface area (Å²) in [5, 5.41) is 25.0. The highest BCUT2D eigenvalue weighted by Gasteiger charge is 2.62. The van der Waals surface area contributed by atoms with Crippen LogP contribution in [0.1, 0.15) is 143 Å². The molecule has 0 heterocycles. The van der Waals surface area contributed by atoms with Gasteiger partial charge in [0.2, 0.25) is 11.8 Å². The minimum absolute atomic E-state index is 0.0789. The Balaban J connectivity index is 1.05. The Labute approximate surface area is 335 Å². The van der Waals surface area contributed by atoms with E-state index in [2.05, 4.69) is 106 Å². The second-order valence-corrected chi connectivity index (χ2v) is 18.1. The summed E-state index contributed by atoms with van der Waals surface area (Å²) in [7, 11) is 1.82. The molecule has 6 heteroatoms. The maximum Gasteiger partial charge on any atom is 0.222 e. The van der Waals surface area contributed by atoms with Crippen LogP contribution in [-0.4, -0.2) is 59.3 Å². The number of allylic oxidation sites excluding steroid dienone is 12. The lowest BCUT2D eigenvalue weighted by atomic mass is 9.43. The van der Waals surface area contributed by atoms with E-state index in [1.165, 1.54) is 25.7 Å². The van der Waals surface area contributed by atoms with Gasteiger partial charge in [0.1, 0.15) is 0 Å². The highest BCUT2D eigenvalue weighted by atomic mass is 16.3. The van der Waals surface area contributed by atoms with Crippen molar-refractivity contribution >= 4 is 11.8 Å². The molecule has 0 spiro atoms. The standard InChI is InChI=1S/C49H78N2O4/c1-6-7-8-9-10-11-12-13-14-15-16-17-18-19-20-21-22-23-24-25-46(55)51(5)35-34-50-45(54)29-26-38(2)41-27-28-42-47-43(31-33-49(41,42)4)48(3)32-30-40(52)36-39(48)37-44(47)53/h7-8,10-11,13-14,16-17,19-20,22-23,38-44,47,52-53H,6,9,12,15,18,21,24-37H2,1-5H3,(H,50,54). The molecule has 0 aromatic carbocycles. The largest absolute Gasteiger partial charge is 0.393 e. The molecule has 10 atom stereocenters. The summed E-state index contributed by atoms with van der Waals surface area (Å²) in [5.74, 6) is 3.17. The molecule has 0 aromatic rings. The second kappa shape index (κ2) is 22.9. The van der Waals surface area contributed by atoms with Gasteiger partial charge in [0.25, 0.3) is 0 Å². The lowest BCUT2D eigenvalue weighted by Gasteiger charge is -2.62. The number of nitrogens with one attached hydrogen (secondary N) is 1. The Morgan fingerprint density at radius 3 is 1.93 bits per heavy atom. The molecule has 10 unspecified atom stereocenters. The van der Waals surface area contributed by atoms with Crippen molar-refractivity contribution in [2.75, 3.05) is 20.1 Å². The van der Waals surface area contributed by atoms with E-state index in [-0.39, 0.29) is 34.9 Å². The number of likely N-dealkylation sites (N-methyl/N-ethyl adjacent to an activating group) is 1. The second-order valence-electron chi connectivity index (χ2n) is 18.1. The van der Waals surface area contributed by atoms with Gasteiger partial charge < -0.3 is 20.4 Å². The van der Waals surface area contributed by atoms with E-state index in [0.717, 1.165) is 77.0 Å². The summed E-state index contributed by atoms with van der Waals surface area (Å²) in [6.07, 6.45) is 42.8. The van der Waals surface area contributed by atoms with Gasteiger partial charge >= 0.3 is 0 Å². The van der Waals surface area contributed by atoms with Gasteiger partial charge in [-0.15, -0.1) is 0 Å².